The minimum atomic E-state index is -0.720. The molecule has 192 valence electrons. The Morgan fingerprint density at radius 2 is 1.89 bits per heavy atom. The van der Waals surface area contributed by atoms with E-state index in [1.54, 1.807) is 24.3 Å². The van der Waals surface area contributed by atoms with Crippen molar-refractivity contribution < 1.29 is 24.5 Å². The number of ether oxygens (including phenoxy) is 1. The van der Waals surface area contributed by atoms with E-state index < -0.39 is 12.0 Å². The van der Waals surface area contributed by atoms with Crippen LogP contribution in [0, 0.1) is 0 Å². The molecule has 0 unspecified atom stereocenters. The number of benzene rings is 2. The second-order valence-corrected chi connectivity index (χ2v) is 8.47. The van der Waals surface area contributed by atoms with E-state index >= 15 is 0 Å². The van der Waals surface area contributed by atoms with Gasteiger partial charge in [0.05, 0.1) is 11.8 Å². The summed E-state index contributed by atoms with van der Waals surface area (Å²) in [6, 6.07) is 12.0. The number of nitrogens with one attached hydrogen (secondary N) is 2. The summed E-state index contributed by atoms with van der Waals surface area (Å²) in [6.45, 7) is 3.47. The molecule has 0 heterocycles. The van der Waals surface area contributed by atoms with Crippen molar-refractivity contribution in [1.82, 2.24) is 5.32 Å². The number of nitrogens with two attached hydrogens (primary N) is 1. The van der Waals surface area contributed by atoms with Gasteiger partial charge in [-0.2, -0.15) is 0 Å². The van der Waals surface area contributed by atoms with E-state index in [1.165, 1.54) is 6.07 Å². The first-order valence-corrected chi connectivity index (χ1v) is 12.0. The number of anilines is 2. The number of aliphatic hydroxyl groups is 1. The average molecular weight is 487 g/mol. The maximum atomic E-state index is 11.3. The SMILES string of the molecule is CN(CCCOCCCCCCNC[C@H](O)c1ccc(O)c(NC=O)c1)c1cccc(C(N)=O)c1. The maximum Gasteiger partial charge on any atom is 0.248 e. The first-order chi connectivity index (χ1) is 16.9. The number of hydrogen-bond donors (Lipinski definition) is 5. The van der Waals surface area contributed by atoms with E-state index in [-0.39, 0.29) is 11.4 Å². The quantitative estimate of drug-likeness (QED) is 0.124. The predicted molar refractivity (Wildman–Crippen MR) is 138 cm³/mol. The molecule has 0 spiro atoms. The van der Waals surface area contributed by atoms with Crippen molar-refractivity contribution in [2.24, 2.45) is 5.73 Å². The van der Waals surface area contributed by atoms with Gasteiger partial charge >= 0.3 is 0 Å². The zero-order chi connectivity index (χ0) is 25.5. The Bertz CT molecular complexity index is 924. The Kier molecular flexibility index (Phi) is 12.6. The molecule has 0 radical (unpaired) electrons. The number of unbranched alkanes of at least 4 members (excludes halogenated alkanes) is 3. The van der Waals surface area contributed by atoms with Gasteiger partial charge in [0.1, 0.15) is 5.75 Å². The van der Waals surface area contributed by atoms with Gasteiger partial charge in [0.15, 0.2) is 0 Å². The number of hydrogen-bond acceptors (Lipinski definition) is 7. The summed E-state index contributed by atoms with van der Waals surface area (Å²) >= 11 is 0. The lowest BCUT2D eigenvalue weighted by atomic mass is 10.1. The minimum absolute atomic E-state index is 0.0373. The van der Waals surface area contributed by atoms with Gasteiger partial charge in [-0.25, -0.2) is 0 Å². The van der Waals surface area contributed by atoms with Gasteiger partial charge in [-0.05, 0) is 61.7 Å². The topological polar surface area (TPSA) is 137 Å². The van der Waals surface area contributed by atoms with Gasteiger partial charge in [-0.15, -0.1) is 0 Å². The van der Waals surface area contributed by atoms with E-state index in [0.717, 1.165) is 57.5 Å². The number of nitrogens with zero attached hydrogens (tertiary/aromatic N) is 1. The van der Waals surface area contributed by atoms with Gasteiger partial charge in [0, 0.05) is 44.6 Å². The van der Waals surface area contributed by atoms with Crippen molar-refractivity contribution in [2.75, 3.05) is 50.1 Å². The predicted octanol–water partition coefficient (Wildman–Crippen LogP) is 2.79. The van der Waals surface area contributed by atoms with Crippen molar-refractivity contribution in [3.05, 3.63) is 53.6 Å². The van der Waals surface area contributed by atoms with Crippen LogP contribution in [0.5, 0.6) is 5.75 Å². The number of primary amides is 1. The third-order valence-electron chi connectivity index (χ3n) is 5.70. The number of carbonyl (C=O) groups excluding carboxylic acids is 2. The van der Waals surface area contributed by atoms with Gasteiger partial charge in [-0.1, -0.05) is 25.0 Å². The molecule has 2 rings (SSSR count). The summed E-state index contributed by atoms with van der Waals surface area (Å²) in [6.07, 6.45) is 4.86. The zero-order valence-electron chi connectivity index (χ0n) is 20.4. The Hall–Kier alpha value is -3.14. The standard InChI is InChI=1S/C26H38N4O5/c1-30(22-9-6-8-21(16-22)26(27)34)13-7-15-35-14-5-3-2-4-12-28-18-25(33)20-10-11-24(32)23(17-20)29-19-31/h6,8-11,16-17,19,25,28,32-33H,2-5,7,12-15,18H2,1H3,(H2,27,34)(H,29,31)/t25-/m0/s1. The summed E-state index contributed by atoms with van der Waals surface area (Å²) in [4.78, 5) is 24.0. The van der Waals surface area contributed by atoms with Crippen LogP contribution in [0.4, 0.5) is 11.4 Å². The van der Waals surface area contributed by atoms with E-state index in [4.69, 9.17) is 10.5 Å². The normalized spacial score (nSPS) is 11.7. The Morgan fingerprint density at radius 3 is 2.66 bits per heavy atom. The highest BCUT2D eigenvalue weighted by Gasteiger charge is 2.10. The lowest BCUT2D eigenvalue weighted by Crippen LogP contribution is -2.22. The van der Waals surface area contributed by atoms with E-state index in [1.807, 2.05) is 19.2 Å². The molecule has 1 atom stereocenters. The summed E-state index contributed by atoms with van der Waals surface area (Å²) in [5.41, 5.74) is 7.72. The summed E-state index contributed by atoms with van der Waals surface area (Å²) < 4.78 is 5.73. The van der Waals surface area contributed by atoms with Crippen molar-refractivity contribution in [3.63, 3.8) is 0 Å². The van der Waals surface area contributed by atoms with Crippen LogP contribution in [0.2, 0.25) is 0 Å². The third-order valence-corrected chi connectivity index (χ3v) is 5.70. The van der Waals surface area contributed by atoms with Crippen LogP contribution in [0.25, 0.3) is 0 Å². The van der Waals surface area contributed by atoms with Crippen LogP contribution in [0.1, 0.15) is 54.1 Å². The fourth-order valence-electron chi connectivity index (χ4n) is 3.64. The van der Waals surface area contributed by atoms with Crippen LogP contribution in [0.3, 0.4) is 0 Å². The molecule has 0 aliphatic rings. The second-order valence-electron chi connectivity index (χ2n) is 8.47. The average Bonchev–Trinajstić information content (AvgIpc) is 2.85. The maximum absolute atomic E-state index is 11.3. The molecule has 35 heavy (non-hydrogen) atoms. The molecule has 0 saturated carbocycles. The molecule has 0 fully saturated rings. The largest absolute Gasteiger partial charge is 0.506 e. The van der Waals surface area contributed by atoms with Gasteiger partial charge < -0.3 is 36.2 Å². The number of aromatic hydroxyl groups is 1. The number of amides is 2. The van der Waals surface area contributed by atoms with E-state index in [9.17, 15) is 19.8 Å². The number of phenolic OH excluding ortho intramolecular Hbond substituents is 1. The molecule has 2 aromatic carbocycles. The van der Waals surface area contributed by atoms with Crippen molar-refractivity contribution in [1.29, 1.82) is 0 Å². The highest BCUT2D eigenvalue weighted by Crippen LogP contribution is 2.26. The minimum Gasteiger partial charge on any atom is -0.506 e. The number of phenols is 1. The molecule has 6 N–H and O–H groups in total. The molecule has 0 saturated heterocycles. The van der Waals surface area contributed by atoms with Crippen molar-refractivity contribution in [3.8, 4) is 5.75 Å². The van der Waals surface area contributed by atoms with Crippen LogP contribution in [0.15, 0.2) is 42.5 Å². The molecule has 0 bridgehead atoms. The molecule has 9 nitrogen and oxygen atoms in total. The molecule has 0 aliphatic heterocycles. The number of rotatable bonds is 18. The number of aliphatic hydroxyl groups excluding tert-OH is 1. The van der Waals surface area contributed by atoms with Crippen molar-refractivity contribution >= 4 is 23.7 Å². The first-order valence-electron chi connectivity index (χ1n) is 12.0. The van der Waals surface area contributed by atoms with E-state index in [0.29, 0.717) is 30.7 Å². The van der Waals surface area contributed by atoms with Gasteiger partial charge in [0.2, 0.25) is 12.3 Å². The Labute approximate surface area is 207 Å². The molecular formula is C26H38N4O5. The smallest absolute Gasteiger partial charge is 0.248 e. The Morgan fingerprint density at radius 1 is 1.11 bits per heavy atom. The summed E-state index contributed by atoms with van der Waals surface area (Å²) in [7, 11) is 1.99. The van der Waals surface area contributed by atoms with Crippen LogP contribution in [-0.4, -0.2) is 62.4 Å². The third kappa shape index (κ3) is 10.3. The van der Waals surface area contributed by atoms with Gasteiger partial charge in [-0.3, -0.25) is 9.59 Å². The second kappa shape index (κ2) is 15.7. The monoisotopic (exact) mass is 486 g/mol. The Balaban J connectivity index is 1.46. The van der Waals surface area contributed by atoms with Crippen LogP contribution in [-0.2, 0) is 9.53 Å². The van der Waals surface area contributed by atoms with Crippen molar-refractivity contribution in [2.45, 2.75) is 38.2 Å². The van der Waals surface area contributed by atoms with Gasteiger partial charge in [0.25, 0.3) is 0 Å². The summed E-state index contributed by atoms with van der Waals surface area (Å²) in [5, 5.41) is 25.6. The molecule has 0 aliphatic carbocycles. The van der Waals surface area contributed by atoms with E-state index in [2.05, 4.69) is 15.5 Å². The fourth-order valence-corrected chi connectivity index (χ4v) is 3.64. The van der Waals surface area contributed by atoms with Crippen LogP contribution < -0.4 is 21.3 Å². The molecule has 9 heteroatoms. The lowest BCUT2D eigenvalue weighted by Gasteiger charge is -2.19. The number of carbonyl (C=O) groups is 2. The first kappa shape index (κ1) is 28.1. The molecule has 2 aromatic rings. The lowest BCUT2D eigenvalue weighted by molar-refractivity contribution is -0.105. The highest BCUT2D eigenvalue weighted by atomic mass is 16.5. The fraction of sp³-hybridized carbons (Fsp3) is 0.462. The molecule has 2 amide bonds. The van der Waals surface area contributed by atoms with Crippen LogP contribution >= 0.6 is 0 Å². The molecular weight excluding hydrogens is 448 g/mol. The zero-order valence-corrected chi connectivity index (χ0v) is 20.4. The molecule has 0 aromatic heterocycles. The highest BCUT2D eigenvalue weighted by molar-refractivity contribution is 5.93. The summed E-state index contributed by atoms with van der Waals surface area (Å²) in [5.74, 6) is -0.459.